The molecule has 10 aromatic rings. The molecular weight excluding hydrogens is 775 g/mol. The van der Waals surface area contributed by atoms with E-state index in [1.165, 1.54) is 82.4 Å². The van der Waals surface area contributed by atoms with Gasteiger partial charge in [0.1, 0.15) is 5.82 Å². The predicted octanol–water partition coefficient (Wildman–Crippen LogP) is 17.3. The Kier molecular flexibility index (Phi) is 10.1. The first-order valence-corrected chi connectivity index (χ1v) is 22.5. The molecule has 0 unspecified atom stereocenters. The van der Waals surface area contributed by atoms with Crippen LogP contribution in [0.4, 0.5) is 34.3 Å². The topological polar surface area (TPSA) is 19.4 Å². The summed E-state index contributed by atoms with van der Waals surface area (Å²) in [4.78, 5) is 10.2. The van der Waals surface area contributed by atoms with Gasteiger partial charge in [0.2, 0.25) is 0 Å². The van der Waals surface area contributed by atoms with E-state index < -0.39 is 0 Å². The van der Waals surface area contributed by atoms with Gasteiger partial charge in [0.05, 0.1) is 0 Å². The molecule has 0 atom stereocenters. The van der Waals surface area contributed by atoms with E-state index in [4.69, 9.17) is 4.98 Å². The number of benzene rings is 9. The highest BCUT2D eigenvalue weighted by atomic mass is 15.2. The first kappa shape index (κ1) is 39.1. The predicted molar refractivity (Wildman–Crippen MR) is 274 cm³/mol. The highest BCUT2D eigenvalue weighted by Crippen LogP contribution is 2.49. The van der Waals surface area contributed by atoms with Crippen LogP contribution in [0.5, 0.6) is 0 Å². The van der Waals surface area contributed by atoms with Crippen molar-refractivity contribution in [3.05, 3.63) is 229 Å². The molecule has 0 aliphatic heterocycles. The maximum Gasteiger partial charge on any atom is 0.138 e. The highest BCUT2D eigenvalue weighted by Gasteiger charge is 2.25. The van der Waals surface area contributed by atoms with Crippen LogP contribution in [0.15, 0.2) is 212 Å². The van der Waals surface area contributed by atoms with Crippen molar-refractivity contribution in [3.8, 4) is 11.1 Å². The molecule has 3 nitrogen and oxygen atoms in total. The van der Waals surface area contributed by atoms with Gasteiger partial charge in [-0.25, -0.2) is 4.98 Å². The Balaban J connectivity index is 1.24. The van der Waals surface area contributed by atoms with Crippen LogP contribution in [0.3, 0.4) is 0 Å². The molecule has 0 saturated carbocycles. The number of aromatic nitrogens is 1. The van der Waals surface area contributed by atoms with Crippen molar-refractivity contribution >= 4 is 82.9 Å². The maximum absolute atomic E-state index is 5.45. The average Bonchev–Trinajstić information content (AvgIpc) is 3.34. The van der Waals surface area contributed by atoms with Gasteiger partial charge < -0.3 is 4.90 Å². The Morgan fingerprint density at radius 2 is 1.02 bits per heavy atom. The van der Waals surface area contributed by atoms with E-state index >= 15 is 0 Å². The number of pyridine rings is 1. The molecule has 0 radical (unpaired) electrons. The van der Waals surface area contributed by atoms with Crippen LogP contribution in [-0.2, 0) is 6.42 Å². The van der Waals surface area contributed by atoms with E-state index in [1.807, 2.05) is 0 Å². The molecule has 1 aliphatic carbocycles. The summed E-state index contributed by atoms with van der Waals surface area (Å²) in [5.74, 6) is 0.881. The molecule has 64 heavy (non-hydrogen) atoms. The minimum absolute atomic E-state index is 0.864. The number of allylic oxidation sites excluding steroid dienone is 4. The van der Waals surface area contributed by atoms with Gasteiger partial charge in [0.25, 0.3) is 0 Å². The van der Waals surface area contributed by atoms with E-state index in [0.717, 1.165) is 53.2 Å². The summed E-state index contributed by atoms with van der Waals surface area (Å²) in [6.07, 6.45) is 9.71. The van der Waals surface area contributed by atoms with E-state index in [-0.39, 0.29) is 0 Å². The zero-order valence-corrected chi connectivity index (χ0v) is 36.6. The number of nitrogens with zero attached hydrogens (tertiary/aromatic N) is 3. The van der Waals surface area contributed by atoms with Gasteiger partial charge >= 0.3 is 0 Å². The molecule has 3 heteroatoms. The lowest BCUT2D eigenvalue weighted by atomic mass is 9.82. The van der Waals surface area contributed by atoms with Crippen LogP contribution < -0.4 is 9.80 Å². The largest absolute Gasteiger partial charge is 0.310 e. The summed E-state index contributed by atoms with van der Waals surface area (Å²) in [7, 11) is 0. The van der Waals surface area contributed by atoms with Crippen molar-refractivity contribution < 1.29 is 0 Å². The summed E-state index contributed by atoms with van der Waals surface area (Å²) in [6, 6.07) is 68.8. The monoisotopic (exact) mass is 823 g/mol. The van der Waals surface area contributed by atoms with Crippen molar-refractivity contribution in [2.24, 2.45) is 0 Å². The SMILES string of the molecule is CCc1cc2c(C3=CC=C(C)CC3)c3cc(N(c4ccccc4)c4ccc5ccccc5c4)ncc3c(-c3ccc(C)cc3)c2cc1N(c1ccccc1)c1ccc2ccccc2c1. The third-order valence-corrected chi connectivity index (χ3v) is 13.1. The molecule has 0 spiro atoms. The van der Waals surface area contributed by atoms with Crippen LogP contribution in [-0.4, -0.2) is 4.98 Å². The molecule has 0 bridgehead atoms. The number of rotatable bonds is 9. The highest BCUT2D eigenvalue weighted by molar-refractivity contribution is 6.20. The van der Waals surface area contributed by atoms with Crippen molar-refractivity contribution in [1.82, 2.24) is 4.98 Å². The number of fused-ring (bicyclic) bond motifs is 4. The summed E-state index contributed by atoms with van der Waals surface area (Å²) >= 11 is 0. The van der Waals surface area contributed by atoms with Gasteiger partial charge in [-0.2, -0.15) is 0 Å². The first-order valence-electron chi connectivity index (χ1n) is 22.5. The number of anilines is 6. The number of aryl methyl sites for hydroxylation is 2. The second-order valence-electron chi connectivity index (χ2n) is 17.2. The fourth-order valence-electron chi connectivity index (χ4n) is 9.75. The number of hydrogen-bond acceptors (Lipinski definition) is 3. The van der Waals surface area contributed by atoms with Gasteiger partial charge in [0, 0.05) is 40.0 Å². The molecule has 0 N–H and O–H groups in total. The van der Waals surface area contributed by atoms with Crippen LogP contribution >= 0.6 is 0 Å². The van der Waals surface area contributed by atoms with Gasteiger partial charge in [-0.1, -0.05) is 152 Å². The quantitative estimate of drug-likeness (QED) is 0.135. The Morgan fingerprint density at radius 1 is 0.453 bits per heavy atom. The van der Waals surface area contributed by atoms with Crippen LogP contribution in [0, 0.1) is 6.92 Å². The molecule has 0 saturated heterocycles. The fraction of sp³-hybridized carbons (Fsp3) is 0.0984. The van der Waals surface area contributed by atoms with Crippen LogP contribution in [0.2, 0.25) is 0 Å². The van der Waals surface area contributed by atoms with E-state index in [1.54, 1.807) is 0 Å². The molecule has 0 amide bonds. The van der Waals surface area contributed by atoms with Crippen LogP contribution in [0.1, 0.15) is 43.4 Å². The second kappa shape index (κ2) is 16.5. The molecule has 1 aromatic heterocycles. The lowest BCUT2D eigenvalue weighted by molar-refractivity contribution is 0.979. The zero-order valence-electron chi connectivity index (χ0n) is 36.6. The minimum Gasteiger partial charge on any atom is -0.310 e. The van der Waals surface area contributed by atoms with E-state index in [2.05, 4.69) is 237 Å². The molecule has 1 aliphatic rings. The Morgan fingerprint density at radius 3 is 1.62 bits per heavy atom. The zero-order chi connectivity index (χ0) is 43.1. The average molecular weight is 824 g/mol. The summed E-state index contributed by atoms with van der Waals surface area (Å²) in [6.45, 7) is 6.71. The van der Waals surface area contributed by atoms with Crippen molar-refractivity contribution in [3.63, 3.8) is 0 Å². The smallest absolute Gasteiger partial charge is 0.138 e. The Bertz CT molecular complexity index is 3440. The lowest BCUT2D eigenvalue weighted by Gasteiger charge is -2.30. The summed E-state index contributed by atoms with van der Waals surface area (Å²) in [5, 5.41) is 9.69. The van der Waals surface area contributed by atoms with Gasteiger partial charge in [-0.15, -0.1) is 0 Å². The summed E-state index contributed by atoms with van der Waals surface area (Å²) < 4.78 is 0. The van der Waals surface area contributed by atoms with E-state index in [0.29, 0.717) is 0 Å². The van der Waals surface area contributed by atoms with Gasteiger partial charge in [-0.05, 0) is 165 Å². The summed E-state index contributed by atoms with van der Waals surface area (Å²) in [5.41, 5.74) is 14.5. The standard InChI is InChI=1S/C61H49N3/c1-4-43-37-54-55(38-58(43)63(50-19-7-5-8-20-50)52-33-31-44-15-11-13-17-48(44)35-52)61(47-29-25-42(3)26-30-47)57-40-62-59(39-56(57)60(54)46-27-23-41(2)24-28-46)64(51-21-9-6-10-22-51)53-34-32-45-16-12-14-18-49(45)36-53/h5-23,25-27,29-40H,4,24,28H2,1-3H3. The molecule has 308 valence electrons. The molecular formula is C61H49N3. The van der Waals surface area contributed by atoms with Crippen molar-refractivity contribution in [2.75, 3.05) is 9.80 Å². The second-order valence-corrected chi connectivity index (χ2v) is 17.2. The number of para-hydroxylation sites is 2. The van der Waals surface area contributed by atoms with Crippen LogP contribution in [0.25, 0.3) is 59.8 Å². The first-order chi connectivity index (χ1) is 31.5. The molecule has 1 heterocycles. The third-order valence-electron chi connectivity index (χ3n) is 13.1. The third kappa shape index (κ3) is 7.09. The molecule has 11 rings (SSSR count). The minimum atomic E-state index is 0.864. The Labute approximate surface area is 375 Å². The Hall–Kier alpha value is -7.75. The lowest BCUT2D eigenvalue weighted by Crippen LogP contribution is -2.13. The molecule has 0 fully saturated rings. The van der Waals surface area contributed by atoms with Crippen molar-refractivity contribution in [2.45, 2.75) is 40.0 Å². The maximum atomic E-state index is 5.45. The fourth-order valence-corrected chi connectivity index (χ4v) is 9.75. The van der Waals surface area contributed by atoms with Gasteiger partial charge in [-0.3, -0.25) is 4.90 Å². The van der Waals surface area contributed by atoms with Crippen molar-refractivity contribution in [1.29, 1.82) is 0 Å². The van der Waals surface area contributed by atoms with Gasteiger partial charge in [0.15, 0.2) is 0 Å². The molecule has 9 aromatic carbocycles. The normalized spacial score (nSPS) is 12.7. The number of hydrogen-bond donors (Lipinski definition) is 0. The van der Waals surface area contributed by atoms with E-state index in [9.17, 15) is 0 Å².